The maximum atomic E-state index is 5.25. The van der Waals surface area contributed by atoms with E-state index in [1.54, 1.807) is 12.7 Å². The van der Waals surface area contributed by atoms with Gasteiger partial charge in [-0.3, -0.25) is 0 Å². The van der Waals surface area contributed by atoms with E-state index in [4.69, 9.17) is 4.74 Å². The topological polar surface area (TPSA) is 9.23 Å². The molecule has 150 valence electrons. The molecule has 0 aliphatic heterocycles. The summed E-state index contributed by atoms with van der Waals surface area (Å²) in [6.07, 6.45) is 21.0. The molecule has 1 aromatic rings. The lowest BCUT2D eigenvalue weighted by molar-refractivity contribution is 0.236. The van der Waals surface area contributed by atoms with Gasteiger partial charge in [0.1, 0.15) is 5.75 Å². The molecule has 0 saturated heterocycles. The first-order chi connectivity index (χ1) is 13.3. The van der Waals surface area contributed by atoms with Gasteiger partial charge in [-0.2, -0.15) is 0 Å². The zero-order valence-corrected chi connectivity index (χ0v) is 17.7. The molecule has 0 aromatic heterocycles. The monoisotopic (exact) mass is 368 g/mol. The average molecular weight is 369 g/mol. The Labute approximate surface area is 167 Å². The molecule has 0 bridgehead atoms. The van der Waals surface area contributed by atoms with Gasteiger partial charge < -0.3 is 4.74 Å². The maximum absolute atomic E-state index is 5.25. The zero-order valence-electron chi connectivity index (χ0n) is 17.7. The Bertz CT molecular complexity index is 562. The first-order valence-electron chi connectivity index (χ1n) is 11.6. The second-order valence-electron chi connectivity index (χ2n) is 9.10. The first kappa shape index (κ1) is 20.5. The molecule has 0 spiro atoms. The summed E-state index contributed by atoms with van der Waals surface area (Å²) in [5.41, 5.74) is 3.12. The second-order valence-corrected chi connectivity index (χ2v) is 9.10. The molecule has 1 saturated carbocycles. The summed E-state index contributed by atoms with van der Waals surface area (Å²) >= 11 is 0. The molecule has 3 rings (SSSR count). The Kier molecular flexibility index (Phi) is 8.30. The lowest BCUT2D eigenvalue weighted by atomic mass is 9.76. The van der Waals surface area contributed by atoms with Crippen molar-refractivity contribution >= 4 is 0 Å². The highest BCUT2D eigenvalue weighted by molar-refractivity contribution is 5.27. The van der Waals surface area contributed by atoms with Gasteiger partial charge in [0.2, 0.25) is 0 Å². The molecule has 1 unspecified atom stereocenters. The Morgan fingerprint density at radius 3 is 2.07 bits per heavy atom. The highest BCUT2D eigenvalue weighted by atomic mass is 16.5. The second kappa shape index (κ2) is 10.9. The lowest BCUT2D eigenvalue weighted by Crippen LogP contribution is -2.16. The van der Waals surface area contributed by atoms with E-state index in [1.807, 2.05) is 0 Å². The fourth-order valence-electron chi connectivity index (χ4n) is 5.22. The van der Waals surface area contributed by atoms with Gasteiger partial charge in [0.15, 0.2) is 0 Å². The van der Waals surface area contributed by atoms with Crippen molar-refractivity contribution in [3.05, 3.63) is 41.5 Å². The molecule has 2 aliphatic carbocycles. The molecule has 2 aliphatic rings. The molecule has 0 amide bonds. The molecule has 0 N–H and O–H groups in total. The predicted molar refractivity (Wildman–Crippen MR) is 116 cm³/mol. The number of aryl methyl sites for hydroxylation is 1. The summed E-state index contributed by atoms with van der Waals surface area (Å²) < 4.78 is 5.25. The molecule has 1 fully saturated rings. The van der Waals surface area contributed by atoms with Gasteiger partial charge in [-0.15, -0.1) is 0 Å². The quantitative estimate of drug-likeness (QED) is 0.405. The highest BCUT2D eigenvalue weighted by Gasteiger charge is 2.22. The van der Waals surface area contributed by atoms with E-state index in [-0.39, 0.29) is 0 Å². The number of hydrogen-bond donors (Lipinski definition) is 0. The molecule has 27 heavy (non-hydrogen) atoms. The van der Waals surface area contributed by atoms with Gasteiger partial charge in [0.05, 0.1) is 7.11 Å². The number of rotatable bonds is 9. The van der Waals surface area contributed by atoms with Crippen LogP contribution in [-0.2, 0) is 6.42 Å². The fraction of sp³-hybridized carbons (Fsp3) is 0.692. The third-order valence-corrected chi connectivity index (χ3v) is 7.15. The van der Waals surface area contributed by atoms with E-state index in [0.717, 1.165) is 23.5 Å². The lowest BCUT2D eigenvalue weighted by Gasteiger charge is -2.30. The van der Waals surface area contributed by atoms with Gasteiger partial charge in [-0.05, 0) is 74.0 Å². The molecule has 0 heterocycles. The minimum Gasteiger partial charge on any atom is -0.497 e. The van der Waals surface area contributed by atoms with Crippen molar-refractivity contribution in [1.29, 1.82) is 0 Å². The van der Waals surface area contributed by atoms with Crippen LogP contribution in [0.3, 0.4) is 0 Å². The number of ether oxygens (including phenoxy) is 1. The highest BCUT2D eigenvalue weighted by Crippen LogP contribution is 2.36. The summed E-state index contributed by atoms with van der Waals surface area (Å²) in [7, 11) is 1.73. The summed E-state index contributed by atoms with van der Waals surface area (Å²) in [5.74, 6) is 4.01. The summed E-state index contributed by atoms with van der Waals surface area (Å²) in [4.78, 5) is 0. The van der Waals surface area contributed by atoms with E-state index in [2.05, 4.69) is 37.3 Å². The summed E-state index contributed by atoms with van der Waals surface area (Å²) in [6.45, 7) is 2.34. The SMILES string of the molecule is CCC[C@H]1CC[C@H](CCC2CC=C(CCc3ccc(OC)cc3)CC2)CC1. The van der Waals surface area contributed by atoms with Crippen LogP contribution < -0.4 is 4.74 Å². The smallest absolute Gasteiger partial charge is 0.118 e. The zero-order chi connectivity index (χ0) is 18.9. The van der Waals surface area contributed by atoms with Crippen LogP contribution in [0.4, 0.5) is 0 Å². The third-order valence-electron chi connectivity index (χ3n) is 7.15. The van der Waals surface area contributed by atoms with Crippen molar-refractivity contribution in [2.45, 2.75) is 90.4 Å². The van der Waals surface area contributed by atoms with Gasteiger partial charge in [0, 0.05) is 0 Å². The average Bonchev–Trinajstić information content (AvgIpc) is 2.73. The van der Waals surface area contributed by atoms with Crippen LogP contribution in [0.1, 0.15) is 89.5 Å². The van der Waals surface area contributed by atoms with Crippen LogP contribution in [0, 0.1) is 17.8 Å². The normalized spacial score (nSPS) is 25.9. The number of hydrogen-bond acceptors (Lipinski definition) is 1. The van der Waals surface area contributed by atoms with Crippen LogP contribution in [0.25, 0.3) is 0 Å². The maximum Gasteiger partial charge on any atom is 0.118 e. The largest absolute Gasteiger partial charge is 0.497 e. The van der Waals surface area contributed by atoms with Gasteiger partial charge in [-0.1, -0.05) is 75.7 Å². The van der Waals surface area contributed by atoms with Gasteiger partial charge in [0.25, 0.3) is 0 Å². The van der Waals surface area contributed by atoms with E-state index in [9.17, 15) is 0 Å². The van der Waals surface area contributed by atoms with Crippen LogP contribution in [0.15, 0.2) is 35.9 Å². The number of allylic oxidation sites excluding steroid dienone is 2. The molecule has 1 heteroatoms. The summed E-state index contributed by atoms with van der Waals surface area (Å²) in [6, 6.07) is 8.58. The Morgan fingerprint density at radius 1 is 0.815 bits per heavy atom. The van der Waals surface area contributed by atoms with E-state index in [1.165, 1.54) is 89.0 Å². The van der Waals surface area contributed by atoms with Crippen LogP contribution in [-0.4, -0.2) is 7.11 Å². The van der Waals surface area contributed by atoms with Crippen LogP contribution >= 0.6 is 0 Å². The van der Waals surface area contributed by atoms with Crippen molar-refractivity contribution < 1.29 is 4.74 Å². The molecule has 1 nitrogen and oxygen atoms in total. The minimum absolute atomic E-state index is 0.956. The fourth-order valence-corrected chi connectivity index (χ4v) is 5.22. The molecule has 1 atom stereocenters. The molecular formula is C26H40O. The van der Waals surface area contributed by atoms with E-state index >= 15 is 0 Å². The van der Waals surface area contributed by atoms with E-state index < -0.39 is 0 Å². The third kappa shape index (κ3) is 6.70. The van der Waals surface area contributed by atoms with Crippen molar-refractivity contribution in [3.8, 4) is 5.75 Å². The van der Waals surface area contributed by atoms with E-state index in [0.29, 0.717) is 0 Å². The van der Waals surface area contributed by atoms with Gasteiger partial charge >= 0.3 is 0 Å². The molecule has 0 radical (unpaired) electrons. The number of methoxy groups -OCH3 is 1. The Morgan fingerprint density at radius 2 is 1.48 bits per heavy atom. The van der Waals surface area contributed by atoms with Crippen LogP contribution in [0.2, 0.25) is 0 Å². The standard InChI is InChI=1S/C26H40O/c1-3-4-21-5-7-22(8-6-21)9-10-23-11-13-24(14-12-23)15-16-25-17-19-26(27-2)20-18-25/h13,17-23H,3-12,14-16H2,1-2H3/t21-,22-,23?. The van der Waals surface area contributed by atoms with Gasteiger partial charge in [-0.25, -0.2) is 0 Å². The summed E-state index contributed by atoms with van der Waals surface area (Å²) in [5, 5.41) is 0. The Hall–Kier alpha value is -1.24. The minimum atomic E-state index is 0.956. The van der Waals surface area contributed by atoms with Crippen molar-refractivity contribution in [1.82, 2.24) is 0 Å². The van der Waals surface area contributed by atoms with Crippen LogP contribution in [0.5, 0.6) is 5.75 Å². The van der Waals surface area contributed by atoms with Crippen molar-refractivity contribution in [2.75, 3.05) is 7.11 Å². The Balaban J connectivity index is 1.32. The van der Waals surface area contributed by atoms with Crippen molar-refractivity contribution in [3.63, 3.8) is 0 Å². The van der Waals surface area contributed by atoms with Crippen molar-refractivity contribution in [2.24, 2.45) is 17.8 Å². The number of benzene rings is 1. The first-order valence-corrected chi connectivity index (χ1v) is 11.6. The molecular weight excluding hydrogens is 328 g/mol. The predicted octanol–water partition coefficient (Wildman–Crippen LogP) is 7.74. The molecule has 1 aromatic carbocycles.